The Morgan fingerprint density at radius 3 is 2.56 bits per heavy atom. The van der Waals surface area contributed by atoms with Crippen molar-refractivity contribution in [2.24, 2.45) is 0 Å². The van der Waals surface area contributed by atoms with E-state index in [1.54, 1.807) is 24.3 Å². The molecule has 1 heterocycles. The van der Waals surface area contributed by atoms with Crippen molar-refractivity contribution in [2.75, 3.05) is 0 Å². The number of benzene rings is 1. The van der Waals surface area contributed by atoms with Gasteiger partial charge in [-0.2, -0.15) is 0 Å². The first kappa shape index (κ1) is 11.2. The minimum Gasteiger partial charge on any atom is -0.323 e. The van der Waals surface area contributed by atoms with Crippen LogP contribution in [0.4, 0.5) is 0 Å². The minimum absolute atomic E-state index is 0.100. The molecule has 1 aromatic carbocycles. The summed E-state index contributed by atoms with van der Waals surface area (Å²) in [5, 5.41) is 3.44. The molecule has 1 saturated heterocycles. The normalized spacial score (nSPS) is 18.0. The molecular weight excluding hydrogens is 249 g/mol. The zero-order valence-corrected chi connectivity index (χ0v) is 9.60. The van der Waals surface area contributed by atoms with Gasteiger partial charge < -0.3 is 5.32 Å². The molecule has 3 nitrogen and oxygen atoms in total. The molecule has 0 atom stereocenters. The van der Waals surface area contributed by atoms with Crippen molar-refractivity contribution in [1.82, 2.24) is 5.32 Å². The second-order valence-electron chi connectivity index (χ2n) is 3.37. The molecule has 0 radical (unpaired) electrons. The third-order valence-corrected chi connectivity index (χ3v) is 2.72. The molecule has 0 aromatic heterocycles. The van der Waals surface area contributed by atoms with E-state index < -0.39 is 0 Å². The number of rotatable bonds is 1. The quantitative estimate of drug-likeness (QED) is 0.619. The highest BCUT2D eigenvalue weighted by Crippen LogP contribution is 2.23. The Labute approximate surface area is 102 Å². The predicted octanol–water partition coefficient (Wildman–Crippen LogP) is 2.42. The van der Waals surface area contributed by atoms with Gasteiger partial charge in [-0.05, 0) is 23.8 Å². The highest BCUT2D eigenvalue weighted by Gasteiger charge is 2.23. The molecule has 1 aliphatic rings. The summed E-state index contributed by atoms with van der Waals surface area (Å²) >= 11 is 11.7. The van der Waals surface area contributed by atoms with Crippen molar-refractivity contribution < 1.29 is 9.59 Å². The van der Waals surface area contributed by atoms with Gasteiger partial charge in [0.25, 0.3) is 0 Å². The van der Waals surface area contributed by atoms with Gasteiger partial charge in [0.2, 0.25) is 5.91 Å². The first-order chi connectivity index (χ1) is 7.56. The maximum atomic E-state index is 11.3. The second-order valence-corrected chi connectivity index (χ2v) is 4.22. The summed E-state index contributed by atoms with van der Waals surface area (Å²) in [6.45, 7) is 0. The molecule has 82 valence electrons. The van der Waals surface area contributed by atoms with Crippen molar-refractivity contribution in [3.05, 3.63) is 39.5 Å². The molecule has 0 aliphatic carbocycles. The molecular formula is C11H7Cl2NO2. The van der Waals surface area contributed by atoms with Crippen LogP contribution in [0.25, 0.3) is 6.08 Å². The third-order valence-electron chi connectivity index (χ3n) is 2.16. The fraction of sp³-hybridized carbons (Fsp3) is 0.0909. The molecule has 0 spiro atoms. The molecule has 1 N–H and O–H groups in total. The predicted molar refractivity (Wildman–Crippen MR) is 62.2 cm³/mol. The summed E-state index contributed by atoms with van der Waals surface area (Å²) in [5.41, 5.74) is 0.922. The molecule has 2 rings (SSSR count). The van der Waals surface area contributed by atoms with Crippen LogP contribution in [0.5, 0.6) is 0 Å². The zero-order valence-electron chi connectivity index (χ0n) is 8.09. The van der Waals surface area contributed by atoms with Crippen molar-refractivity contribution in [2.45, 2.75) is 6.42 Å². The average molecular weight is 256 g/mol. The van der Waals surface area contributed by atoms with E-state index in [0.717, 1.165) is 0 Å². The van der Waals surface area contributed by atoms with Gasteiger partial charge in [0.1, 0.15) is 0 Å². The van der Waals surface area contributed by atoms with Gasteiger partial charge in [-0.15, -0.1) is 0 Å². The van der Waals surface area contributed by atoms with E-state index in [4.69, 9.17) is 23.2 Å². The fourth-order valence-electron chi connectivity index (χ4n) is 1.40. The number of ketones is 1. The van der Waals surface area contributed by atoms with Crippen LogP contribution in [-0.2, 0) is 9.59 Å². The number of allylic oxidation sites excluding steroid dienone is 1. The van der Waals surface area contributed by atoms with E-state index in [1.807, 2.05) is 0 Å². The Morgan fingerprint density at radius 2 is 2.00 bits per heavy atom. The number of hydrogen-bond acceptors (Lipinski definition) is 2. The summed E-state index contributed by atoms with van der Waals surface area (Å²) in [4.78, 5) is 22.3. The highest BCUT2D eigenvalue weighted by molar-refractivity contribution is 6.35. The van der Waals surface area contributed by atoms with Crippen molar-refractivity contribution >= 4 is 41.0 Å². The van der Waals surface area contributed by atoms with E-state index >= 15 is 0 Å². The van der Waals surface area contributed by atoms with Crippen LogP contribution in [0, 0.1) is 0 Å². The Morgan fingerprint density at radius 1 is 1.25 bits per heavy atom. The number of carbonyl (C=O) groups is 2. The maximum absolute atomic E-state index is 11.3. The molecule has 0 saturated carbocycles. The largest absolute Gasteiger partial charge is 0.323 e. The monoisotopic (exact) mass is 255 g/mol. The van der Waals surface area contributed by atoms with Crippen LogP contribution in [0.15, 0.2) is 23.9 Å². The molecule has 5 heteroatoms. The van der Waals surface area contributed by atoms with Crippen molar-refractivity contribution in [1.29, 1.82) is 0 Å². The maximum Gasteiger partial charge on any atom is 0.232 e. The number of halogens is 2. The van der Waals surface area contributed by atoms with Gasteiger partial charge in [0, 0.05) is 10.0 Å². The summed E-state index contributed by atoms with van der Waals surface area (Å²) < 4.78 is 0. The number of amides is 1. The number of carbonyl (C=O) groups excluding carboxylic acids is 2. The summed E-state index contributed by atoms with van der Waals surface area (Å²) in [6.07, 6.45) is 1.45. The Balaban J connectivity index is 2.36. The molecule has 0 bridgehead atoms. The van der Waals surface area contributed by atoms with Crippen LogP contribution < -0.4 is 5.32 Å². The summed E-state index contributed by atoms with van der Waals surface area (Å²) in [6, 6.07) is 4.94. The molecule has 16 heavy (non-hydrogen) atoms. The van der Waals surface area contributed by atoms with Gasteiger partial charge >= 0.3 is 0 Å². The topological polar surface area (TPSA) is 46.2 Å². The number of Topliss-reactive ketones (excluding diaryl/α,β-unsaturated/α-hetero) is 1. The number of nitrogens with one attached hydrogen (secondary N) is 1. The van der Waals surface area contributed by atoms with E-state index in [0.29, 0.717) is 15.6 Å². The standard InChI is InChI=1S/C11H7Cl2NO2/c12-7-2-1-6(8(13)4-7)3-9-10(15)5-11(16)14-9/h1-4H,5H2,(H,14,16). The molecule has 1 amide bonds. The zero-order chi connectivity index (χ0) is 11.7. The highest BCUT2D eigenvalue weighted by atomic mass is 35.5. The molecule has 1 aromatic rings. The van der Waals surface area contributed by atoms with E-state index in [9.17, 15) is 9.59 Å². The molecule has 1 aliphatic heterocycles. The van der Waals surface area contributed by atoms with Gasteiger partial charge in [0.05, 0.1) is 12.1 Å². The second kappa shape index (κ2) is 4.28. The van der Waals surface area contributed by atoms with E-state index in [-0.39, 0.29) is 23.8 Å². The minimum atomic E-state index is -0.290. The van der Waals surface area contributed by atoms with Gasteiger partial charge in [-0.1, -0.05) is 29.3 Å². The SMILES string of the molecule is O=C1CC(=O)C(=Cc2ccc(Cl)cc2Cl)N1. The summed E-state index contributed by atoms with van der Waals surface area (Å²) in [7, 11) is 0. The van der Waals surface area contributed by atoms with Gasteiger partial charge in [0.15, 0.2) is 5.78 Å². The summed E-state index contributed by atoms with van der Waals surface area (Å²) in [5.74, 6) is -0.516. The number of hydrogen-bond donors (Lipinski definition) is 1. The Hall–Kier alpha value is -1.32. The Bertz CT molecular complexity index is 509. The fourth-order valence-corrected chi connectivity index (χ4v) is 1.86. The van der Waals surface area contributed by atoms with E-state index in [1.165, 1.54) is 0 Å². The van der Waals surface area contributed by atoms with Crippen molar-refractivity contribution in [3.63, 3.8) is 0 Å². The van der Waals surface area contributed by atoms with Gasteiger partial charge in [-0.25, -0.2) is 0 Å². The van der Waals surface area contributed by atoms with Crippen LogP contribution in [0.2, 0.25) is 10.0 Å². The van der Waals surface area contributed by atoms with Crippen LogP contribution in [0.1, 0.15) is 12.0 Å². The third kappa shape index (κ3) is 2.26. The van der Waals surface area contributed by atoms with E-state index in [2.05, 4.69) is 5.32 Å². The lowest BCUT2D eigenvalue weighted by Crippen LogP contribution is -2.12. The lowest BCUT2D eigenvalue weighted by atomic mass is 10.1. The Kier molecular flexibility index (Phi) is 2.99. The smallest absolute Gasteiger partial charge is 0.232 e. The van der Waals surface area contributed by atoms with Gasteiger partial charge in [-0.3, -0.25) is 9.59 Å². The van der Waals surface area contributed by atoms with Crippen LogP contribution in [0.3, 0.4) is 0 Å². The first-order valence-electron chi connectivity index (χ1n) is 4.56. The molecule has 0 unspecified atom stereocenters. The molecule has 1 fully saturated rings. The van der Waals surface area contributed by atoms with Crippen molar-refractivity contribution in [3.8, 4) is 0 Å². The lowest BCUT2D eigenvalue weighted by Gasteiger charge is -2.00. The lowest BCUT2D eigenvalue weighted by molar-refractivity contribution is -0.121. The van der Waals surface area contributed by atoms with Crippen LogP contribution in [-0.4, -0.2) is 11.7 Å². The van der Waals surface area contributed by atoms with Crippen LogP contribution >= 0.6 is 23.2 Å². The first-order valence-corrected chi connectivity index (χ1v) is 5.31. The average Bonchev–Trinajstić information content (AvgIpc) is 2.50.